The second-order valence-corrected chi connectivity index (χ2v) is 7.12. The van der Waals surface area contributed by atoms with E-state index >= 15 is 0 Å². The van der Waals surface area contributed by atoms with Gasteiger partial charge < -0.3 is 4.90 Å². The summed E-state index contributed by atoms with van der Waals surface area (Å²) < 4.78 is 14.0. The molecule has 0 aliphatic heterocycles. The predicted octanol–water partition coefficient (Wildman–Crippen LogP) is 4.19. The molecule has 1 aliphatic carbocycles. The molecular weight excluding hydrogens is 349 g/mol. The zero-order valence-electron chi connectivity index (χ0n) is 9.80. The average molecular weight is 365 g/mol. The molecule has 17 heavy (non-hydrogen) atoms. The van der Waals surface area contributed by atoms with Crippen molar-refractivity contribution in [2.45, 2.75) is 24.2 Å². The fraction of sp³-hybridized carbons (Fsp3) is 0.538. The second-order valence-electron chi connectivity index (χ2n) is 4.91. The molecule has 94 valence electrons. The summed E-state index contributed by atoms with van der Waals surface area (Å²) in [5.74, 6) is 0.619. The summed E-state index contributed by atoms with van der Waals surface area (Å²) in [6, 6.07) is 5.08. The maximum Gasteiger partial charge on any atom is 0.124 e. The van der Waals surface area contributed by atoms with Gasteiger partial charge in [0.2, 0.25) is 0 Å². The van der Waals surface area contributed by atoms with Crippen LogP contribution in [-0.2, 0) is 6.54 Å². The number of hydrogen-bond donors (Lipinski definition) is 0. The quantitative estimate of drug-likeness (QED) is 0.724. The van der Waals surface area contributed by atoms with Crippen LogP contribution < -0.4 is 0 Å². The van der Waals surface area contributed by atoms with Gasteiger partial charge in [0.15, 0.2) is 0 Å². The number of benzene rings is 1. The maximum atomic E-state index is 13.2. The summed E-state index contributed by atoms with van der Waals surface area (Å²) in [7, 11) is 2.10. The van der Waals surface area contributed by atoms with Crippen molar-refractivity contribution in [2.24, 2.45) is 5.92 Å². The van der Waals surface area contributed by atoms with Gasteiger partial charge in [0.05, 0.1) is 0 Å². The summed E-state index contributed by atoms with van der Waals surface area (Å²) in [5.41, 5.74) is 1.02. The highest BCUT2D eigenvalue weighted by molar-refractivity contribution is 9.10. The van der Waals surface area contributed by atoms with E-state index in [9.17, 15) is 4.39 Å². The van der Waals surface area contributed by atoms with E-state index < -0.39 is 0 Å². The average Bonchev–Trinajstić information content (AvgIpc) is 2.13. The van der Waals surface area contributed by atoms with Crippen molar-refractivity contribution in [1.29, 1.82) is 0 Å². The minimum atomic E-state index is -0.174. The van der Waals surface area contributed by atoms with Gasteiger partial charge in [-0.1, -0.05) is 31.9 Å². The van der Waals surface area contributed by atoms with Crippen LogP contribution in [0.25, 0.3) is 0 Å². The van der Waals surface area contributed by atoms with Crippen LogP contribution in [0.4, 0.5) is 4.39 Å². The van der Waals surface area contributed by atoms with E-state index in [1.165, 1.54) is 18.9 Å². The normalized spacial score (nSPS) is 23.8. The summed E-state index contributed by atoms with van der Waals surface area (Å²) in [5, 5.41) is 0. The Morgan fingerprint density at radius 1 is 1.35 bits per heavy atom. The van der Waals surface area contributed by atoms with E-state index in [-0.39, 0.29) is 5.82 Å². The highest BCUT2D eigenvalue weighted by Crippen LogP contribution is 2.33. The third-order valence-corrected chi connectivity index (χ3v) is 4.33. The molecule has 0 atom stereocenters. The third-order valence-electron chi connectivity index (χ3n) is 3.12. The number of hydrogen-bond acceptors (Lipinski definition) is 1. The number of nitrogens with zero attached hydrogens (tertiary/aromatic N) is 1. The van der Waals surface area contributed by atoms with Gasteiger partial charge in [-0.15, -0.1) is 0 Å². The first-order valence-corrected chi connectivity index (χ1v) is 7.51. The first kappa shape index (κ1) is 13.5. The Kier molecular flexibility index (Phi) is 4.61. The Balaban J connectivity index is 1.86. The van der Waals surface area contributed by atoms with Crippen LogP contribution >= 0.6 is 31.9 Å². The number of rotatable bonds is 4. The fourth-order valence-electron chi connectivity index (χ4n) is 2.32. The molecule has 4 heteroatoms. The molecule has 1 saturated carbocycles. The molecule has 1 fully saturated rings. The summed E-state index contributed by atoms with van der Waals surface area (Å²) in [4.78, 5) is 2.98. The van der Waals surface area contributed by atoms with Gasteiger partial charge in [-0.2, -0.15) is 0 Å². The summed E-state index contributed by atoms with van der Waals surface area (Å²) >= 11 is 6.92. The van der Waals surface area contributed by atoms with Crippen LogP contribution in [0.3, 0.4) is 0 Å². The van der Waals surface area contributed by atoms with Gasteiger partial charge in [-0.05, 0) is 49.6 Å². The van der Waals surface area contributed by atoms with E-state index in [1.54, 1.807) is 6.07 Å². The van der Waals surface area contributed by atoms with Crippen LogP contribution in [0.15, 0.2) is 22.7 Å². The van der Waals surface area contributed by atoms with Crippen LogP contribution in [0.2, 0.25) is 0 Å². The molecule has 0 unspecified atom stereocenters. The zero-order valence-corrected chi connectivity index (χ0v) is 13.0. The highest BCUT2D eigenvalue weighted by atomic mass is 79.9. The molecule has 1 aromatic carbocycles. The van der Waals surface area contributed by atoms with Crippen molar-refractivity contribution in [3.05, 3.63) is 34.1 Å². The van der Waals surface area contributed by atoms with Gasteiger partial charge in [-0.3, -0.25) is 0 Å². The van der Waals surface area contributed by atoms with Crippen molar-refractivity contribution in [1.82, 2.24) is 4.90 Å². The maximum absolute atomic E-state index is 13.2. The molecule has 2 rings (SSSR count). The molecule has 1 aromatic rings. The lowest BCUT2D eigenvalue weighted by atomic mass is 9.85. The van der Waals surface area contributed by atoms with Gasteiger partial charge in [0.25, 0.3) is 0 Å². The lowest BCUT2D eigenvalue weighted by Gasteiger charge is -2.34. The van der Waals surface area contributed by atoms with Crippen LogP contribution in [0.1, 0.15) is 18.4 Å². The molecule has 0 aromatic heterocycles. The summed E-state index contributed by atoms with van der Waals surface area (Å²) in [6.45, 7) is 1.90. The van der Waals surface area contributed by atoms with Crippen LogP contribution in [0.5, 0.6) is 0 Å². The van der Waals surface area contributed by atoms with Gasteiger partial charge in [-0.25, -0.2) is 4.39 Å². The van der Waals surface area contributed by atoms with Crippen molar-refractivity contribution < 1.29 is 4.39 Å². The highest BCUT2D eigenvalue weighted by Gasteiger charge is 2.27. The van der Waals surface area contributed by atoms with Gasteiger partial charge >= 0.3 is 0 Å². The predicted molar refractivity (Wildman–Crippen MR) is 75.9 cm³/mol. The Hall–Kier alpha value is 0.0700. The van der Waals surface area contributed by atoms with E-state index in [4.69, 9.17) is 0 Å². The molecule has 0 saturated heterocycles. The van der Waals surface area contributed by atoms with Crippen molar-refractivity contribution in [3.8, 4) is 0 Å². The minimum Gasteiger partial charge on any atom is -0.302 e. The standard InChI is InChI=1S/C13H16Br2FN/c1-17(7-9-2-11(14)3-9)8-10-4-12(15)6-13(16)5-10/h4-6,9,11H,2-3,7-8H2,1H3. The molecule has 0 amide bonds. The zero-order chi connectivity index (χ0) is 12.4. The van der Waals surface area contributed by atoms with Gasteiger partial charge in [0, 0.05) is 22.4 Å². The lowest BCUT2D eigenvalue weighted by molar-refractivity contribution is 0.208. The van der Waals surface area contributed by atoms with Crippen LogP contribution in [-0.4, -0.2) is 23.3 Å². The second kappa shape index (κ2) is 5.81. The third kappa shape index (κ3) is 4.04. The first-order chi connectivity index (χ1) is 8.02. The smallest absolute Gasteiger partial charge is 0.124 e. The SMILES string of the molecule is CN(Cc1cc(F)cc(Br)c1)CC1CC(Br)C1. The van der Waals surface area contributed by atoms with E-state index in [2.05, 4.69) is 43.8 Å². The first-order valence-electron chi connectivity index (χ1n) is 5.80. The lowest BCUT2D eigenvalue weighted by Crippen LogP contribution is -2.34. The molecule has 0 spiro atoms. The molecule has 0 heterocycles. The van der Waals surface area contributed by atoms with Crippen molar-refractivity contribution in [3.63, 3.8) is 0 Å². The van der Waals surface area contributed by atoms with Crippen molar-refractivity contribution in [2.75, 3.05) is 13.6 Å². The van der Waals surface area contributed by atoms with Crippen molar-refractivity contribution >= 4 is 31.9 Å². The Morgan fingerprint density at radius 3 is 2.65 bits per heavy atom. The van der Waals surface area contributed by atoms with Gasteiger partial charge in [0.1, 0.15) is 5.82 Å². The Bertz CT molecular complexity index is 371. The molecule has 1 nitrogen and oxygen atoms in total. The molecular formula is C13H16Br2FN. The minimum absolute atomic E-state index is 0.174. The van der Waals surface area contributed by atoms with Crippen LogP contribution in [0, 0.1) is 11.7 Å². The Labute approximate surface area is 119 Å². The Morgan fingerprint density at radius 2 is 2.06 bits per heavy atom. The van der Waals surface area contributed by atoms with E-state index in [1.807, 2.05) is 6.07 Å². The largest absolute Gasteiger partial charge is 0.302 e. The monoisotopic (exact) mass is 363 g/mol. The van der Waals surface area contributed by atoms with E-state index in [0.717, 1.165) is 29.0 Å². The molecule has 0 radical (unpaired) electrons. The topological polar surface area (TPSA) is 3.24 Å². The summed E-state index contributed by atoms with van der Waals surface area (Å²) in [6.07, 6.45) is 2.52. The molecule has 0 bridgehead atoms. The van der Waals surface area contributed by atoms with E-state index in [0.29, 0.717) is 4.83 Å². The molecule has 1 aliphatic rings. The number of halogens is 3. The molecule has 0 N–H and O–H groups in total. The fourth-order valence-corrected chi connectivity index (χ4v) is 3.89. The number of alkyl halides is 1.